The van der Waals surface area contributed by atoms with Crippen LogP contribution < -0.4 is 10.0 Å². The second-order valence-electron chi connectivity index (χ2n) is 8.35. The molecule has 0 aromatic heterocycles. The summed E-state index contributed by atoms with van der Waals surface area (Å²) in [5.74, 6) is 0.957. The fraction of sp³-hybridized carbons (Fsp3) is 0.345. The van der Waals surface area contributed by atoms with E-state index in [0.29, 0.717) is 8.58 Å². The first-order valence-corrected chi connectivity index (χ1v) is 12.6. The smallest absolute Gasteiger partial charge is 0.188 e. The molecule has 4 heteroatoms. The summed E-state index contributed by atoms with van der Waals surface area (Å²) in [5, 5.41) is 1.34. The molecule has 0 amide bonds. The highest BCUT2D eigenvalue weighted by Gasteiger charge is 2.34. The molecule has 0 N–H and O–H groups in total. The molecule has 0 aliphatic rings. The van der Waals surface area contributed by atoms with E-state index in [1.165, 1.54) is 22.0 Å². The predicted molar refractivity (Wildman–Crippen MR) is 143 cm³/mol. The quantitative estimate of drug-likeness (QED) is 0.189. The Kier molecular flexibility index (Phi) is 8.83. The van der Waals surface area contributed by atoms with Crippen molar-refractivity contribution in [3.8, 4) is 5.75 Å². The predicted octanol–water partition coefficient (Wildman–Crippen LogP) is 6.77. The number of nitrogens with zero attached hydrogens (tertiary/aromatic N) is 1. The van der Waals surface area contributed by atoms with E-state index in [2.05, 4.69) is 88.4 Å². The molecule has 0 saturated heterocycles. The molecule has 3 aromatic rings. The third-order valence-corrected chi connectivity index (χ3v) is 8.79. The van der Waals surface area contributed by atoms with Crippen LogP contribution in [-0.4, -0.2) is 26.7 Å². The van der Waals surface area contributed by atoms with Crippen LogP contribution in [0.4, 0.5) is 0 Å². The Morgan fingerprint density at radius 1 is 0.879 bits per heavy atom. The lowest BCUT2D eigenvalue weighted by molar-refractivity contribution is 0.0494. The lowest BCUT2D eigenvalue weighted by Crippen LogP contribution is -2.27. The van der Waals surface area contributed by atoms with Gasteiger partial charge in [0.2, 0.25) is 0 Å². The molecule has 1 unspecified atom stereocenters. The van der Waals surface area contributed by atoms with E-state index in [1.54, 1.807) is 7.11 Å². The van der Waals surface area contributed by atoms with Crippen LogP contribution >= 0.6 is 8.58 Å². The molecule has 0 saturated carbocycles. The molecule has 0 radical (unpaired) electrons. The topological polar surface area (TPSA) is 30.8 Å². The lowest BCUT2D eigenvalue weighted by atomic mass is 9.90. The first kappa shape index (κ1) is 25.1. The molecular formula is C29H36NO2P. The Bertz CT molecular complexity index is 1090. The fourth-order valence-corrected chi connectivity index (χ4v) is 6.27. The summed E-state index contributed by atoms with van der Waals surface area (Å²) in [6, 6.07) is 23.6. The monoisotopic (exact) mass is 461 g/mol. The van der Waals surface area contributed by atoms with Crippen molar-refractivity contribution in [1.82, 2.24) is 0 Å². The number of rotatable bonds is 10. The molecule has 174 valence electrons. The van der Waals surface area contributed by atoms with E-state index >= 15 is 0 Å². The molecule has 0 bridgehead atoms. The number of hydrogen-bond donors (Lipinski definition) is 0. The van der Waals surface area contributed by atoms with Crippen molar-refractivity contribution in [3.63, 3.8) is 0 Å². The molecule has 0 fully saturated rings. The third-order valence-electron chi connectivity index (χ3n) is 6.42. The Hall–Kier alpha value is -2.48. The van der Waals surface area contributed by atoms with Crippen molar-refractivity contribution >= 4 is 19.6 Å². The van der Waals surface area contributed by atoms with Crippen molar-refractivity contribution in [2.24, 2.45) is 4.99 Å². The maximum Gasteiger partial charge on any atom is 0.188 e. The van der Waals surface area contributed by atoms with Crippen molar-refractivity contribution < 1.29 is 9.47 Å². The van der Waals surface area contributed by atoms with E-state index in [0.717, 1.165) is 35.4 Å². The highest BCUT2D eigenvalue weighted by molar-refractivity contribution is 7.49. The summed E-state index contributed by atoms with van der Waals surface area (Å²) in [6.07, 6.45) is 2.04. The van der Waals surface area contributed by atoms with Crippen LogP contribution in [0.15, 0.2) is 71.7 Å². The number of ether oxygens (including phenoxy) is 2. The summed E-state index contributed by atoms with van der Waals surface area (Å²) in [4.78, 5) is 4.74. The summed E-state index contributed by atoms with van der Waals surface area (Å²) < 4.78 is 11.4. The largest absolute Gasteiger partial charge is 0.467 e. The zero-order valence-electron chi connectivity index (χ0n) is 20.7. The van der Waals surface area contributed by atoms with Gasteiger partial charge in [-0.3, -0.25) is 4.99 Å². The number of aryl methyl sites for hydroxylation is 2. The standard InChI is InChI=1S/C29H36NO2P/c1-7-29(8-2,25-19-13-14-21(3)27(25)32-20-31-6)33-28-22(4)15-12-18-24(28)26(30-5)23-16-10-9-11-17-23/h9-19,33H,7-8,20H2,1-6H3. The molecule has 3 nitrogen and oxygen atoms in total. The maximum absolute atomic E-state index is 6.12. The average Bonchev–Trinajstić information content (AvgIpc) is 2.84. The highest BCUT2D eigenvalue weighted by atomic mass is 31.1. The second-order valence-corrected chi connectivity index (χ2v) is 10.1. The van der Waals surface area contributed by atoms with Gasteiger partial charge in [-0.15, -0.1) is 0 Å². The van der Waals surface area contributed by atoms with Crippen molar-refractivity contribution in [2.45, 2.75) is 45.7 Å². The summed E-state index contributed by atoms with van der Waals surface area (Å²) in [5.41, 5.74) is 7.14. The Morgan fingerprint density at radius 2 is 1.55 bits per heavy atom. The molecular weight excluding hydrogens is 425 g/mol. The Balaban J connectivity index is 2.16. The zero-order chi connectivity index (χ0) is 23.8. The number of para-hydroxylation sites is 1. The summed E-state index contributed by atoms with van der Waals surface area (Å²) >= 11 is 0. The van der Waals surface area contributed by atoms with Crippen molar-refractivity contribution in [3.05, 3.63) is 94.5 Å². The second kappa shape index (κ2) is 11.6. The van der Waals surface area contributed by atoms with Gasteiger partial charge >= 0.3 is 0 Å². The van der Waals surface area contributed by atoms with Gasteiger partial charge in [0.25, 0.3) is 0 Å². The van der Waals surface area contributed by atoms with Crippen LogP contribution in [0.5, 0.6) is 5.75 Å². The summed E-state index contributed by atoms with van der Waals surface area (Å²) in [6.45, 7) is 9.18. The van der Waals surface area contributed by atoms with Gasteiger partial charge < -0.3 is 9.47 Å². The van der Waals surface area contributed by atoms with Crippen LogP contribution in [0, 0.1) is 13.8 Å². The molecule has 3 rings (SSSR count). The Labute approximate surface area is 201 Å². The number of hydrogen-bond acceptors (Lipinski definition) is 3. The van der Waals surface area contributed by atoms with Gasteiger partial charge in [0, 0.05) is 36.0 Å². The molecule has 0 heterocycles. The normalized spacial score (nSPS) is 12.5. The van der Waals surface area contributed by atoms with Gasteiger partial charge in [-0.1, -0.05) is 89.2 Å². The van der Waals surface area contributed by atoms with Gasteiger partial charge in [0.15, 0.2) is 6.79 Å². The summed E-state index contributed by atoms with van der Waals surface area (Å²) in [7, 11) is 4.14. The Morgan fingerprint density at radius 3 is 2.18 bits per heavy atom. The SMILES string of the molecule is CCC(CC)(Pc1c(C)cccc1C(=NC)c1ccccc1)c1cccc(C)c1OCOC. The number of benzene rings is 3. The lowest BCUT2D eigenvalue weighted by Gasteiger charge is -2.36. The number of aliphatic imine (C=N–C) groups is 1. The minimum atomic E-state index is -0.0362. The van der Waals surface area contributed by atoms with E-state index in [4.69, 9.17) is 14.5 Å². The third kappa shape index (κ3) is 5.37. The molecule has 1 atom stereocenters. The first-order valence-electron chi connectivity index (χ1n) is 11.6. The van der Waals surface area contributed by atoms with Crippen LogP contribution in [0.3, 0.4) is 0 Å². The fourth-order valence-electron chi connectivity index (χ4n) is 4.49. The molecule has 0 aliphatic carbocycles. The van der Waals surface area contributed by atoms with Gasteiger partial charge in [-0.2, -0.15) is 0 Å². The molecule has 33 heavy (non-hydrogen) atoms. The van der Waals surface area contributed by atoms with Gasteiger partial charge in [0.1, 0.15) is 5.75 Å². The molecule has 0 spiro atoms. The zero-order valence-corrected chi connectivity index (χ0v) is 21.7. The van der Waals surface area contributed by atoms with Gasteiger partial charge in [-0.25, -0.2) is 0 Å². The first-order chi connectivity index (χ1) is 16.0. The van der Waals surface area contributed by atoms with E-state index in [-0.39, 0.29) is 11.9 Å². The van der Waals surface area contributed by atoms with Crippen molar-refractivity contribution in [2.75, 3.05) is 21.0 Å². The molecule has 3 aromatic carbocycles. The van der Waals surface area contributed by atoms with Gasteiger partial charge in [0.05, 0.1) is 5.71 Å². The number of methoxy groups -OCH3 is 1. The van der Waals surface area contributed by atoms with Crippen LogP contribution in [-0.2, 0) is 9.89 Å². The van der Waals surface area contributed by atoms with Crippen LogP contribution in [0.2, 0.25) is 0 Å². The van der Waals surface area contributed by atoms with Crippen LogP contribution in [0.1, 0.15) is 54.5 Å². The highest BCUT2D eigenvalue weighted by Crippen LogP contribution is 2.51. The minimum Gasteiger partial charge on any atom is -0.467 e. The van der Waals surface area contributed by atoms with E-state index in [9.17, 15) is 0 Å². The van der Waals surface area contributed by atoms with E-state index < -0.39 is 0 Å². The average molecular weight is 462 g/mol. The minimum absolute atomic E-state index is 0.0362. The van der Waals surface area contributed by atoms with Crippen molar-refractivity contribution in [1.29, 1.82) is 0 Å². The maximum atomic E-state index is 6.12. The van der Waals surface area contributed by atoms with Crippen LogP contribution in [0.25, 0.3) is 0 Å². The van der Waals surface area contributed by atoms with Gasteiger partial charge in [-0.05, 0) is 43.1 Å². The van der Waals surface area contributed by atoms with E-state index in [1.807, 2.05) is 13.1 Å². The molecule has 0 aliphatic heterocycles.